The Hall–Kier alpha value is -1.93. The zero-order valence-electron chi connectivity index (χ0n) is 39.5. The van der Waals surface area contributed by atoms with Crippen molar-refractivity contribution in [3.63, 3.8) is 0 Å². The molecule has 0 heterocycles. The molecule has 0 N–H and O–H groups in total. The quantitative estimate of drug-likeness (QED) is 0.0232. The fraction of sp³-hybridized carbons (Fsp3) is 0.714. The highest BCUT2D eigenvalue weighted by molar-refractivity contribution is 6.83. The number of hydrogen-bond donors (Lipinski definition) is 0. The Morgan fingerprint density at radius 1 is 0.393 bits per heavy atom. The zero-order valence-corrected chi connectivity index (χ0v) is 42.5. The van der Waals surface area contributed by atoms with Gasteiger partial charge < -0.3 is 4.43 Å². The topological polar surface area (TPSA) is 9.23 Å². The van der Waals surface area contributed by atoms with Crippen LogP contribution in [-0.2, 0) is 0 Å². The Morgan fingerprint density at radius 3 is 1.23 bits per heavy atom. The zero-order chi connectivity index (χ0) is 45.9. The first-order chi connectivity index (χ1) is 28.7. The molecule has 0 bridgehead atoms. The number of rotatable bonds is 28. The van der Waals surface area contributed by atoms with E-state index in [1.54, 1.807) is 0 Å². The average molecular weight is 919 g/mol. The van der Waals surface area contributed by atoms with Crippen LogP contribution in [0.3, 0.4) is 0 Å². The van der Waals surface area contributed by atoms with Crippen LogP contribution < -0.4 is 4.43 Å². The van der Waals surface area contributed by atoms with Gasteiger partial charge in [0.1, 0.15) is 17.5 Å². The van der Waals surface area contributed by atoms with E-state index in [-0.39, 0.29) is 11.6 Å². The lowest BCUT2D eigenvalue weighted by Crippen LogP contribution is -2.45. The van der Waals surface area contributed by atoms with E-state index in [9.17, 15) is 13.2 Å². The van der Waals surface area contributed by atoms with Gasteiger partial charge in [-0.1, -0.05) is 206 Å². The van der Waals surface area contributed by atoms with Gasteiger partial charge in [0.05, 0.1) is 37.7 Å². The van der Waals surface area contributed by atoms with Gasteiger partial charge in [0.25, 0.3) is 8.32 Å². The summed E-state index contributed by atoms with van der Waals surface area (Å²) < 4.78 is 131. The summed E-state index contributed by atoms with van der Waals surface area (Å²) in [5.74, 6) is -16.1. The van der Waals surface area contributed by atoms with Crippen LogP contribution >= 0.6 is 0 Å². The van der Waals surface area contributed by atoms with E-state index in [0.717, 1.165) is 57.8 Å². The number of fused-ring (bicyclic) bond motifs is 2. The molecular formula is C49H78F8OSi3. The molecule has 3 aromatic rings. The number of hydrogen-bond acceptors (Lipinski definition) is 1. The van der Waals surface area contributed by atoms with Crippen molar-refractivity contribution in [3.8, 4) is 5.75 Å². The van der Waals surface area contributed by atoms with Gasteiger partial charge >= 0.3 is 0 Å². The van der Waals surface area contributed by atoms with Crippen molar-refractivity contribution in [1.82, 2.24) is 0 Å². The highest BCUT2D eigenvalue weighted by Gasteiger charge is 2.43. The highest BCUT2D eigenvalue weighted by atomic mass is 28.4. The Labute approximate surface area is 366 Å². The number of halogens is 8. The van der Waals surface area contributed by atoms with Crippen LogP contribution in [0.25, 0.3) is 21.5 Å². The Kier molecular flexibility index (Phi) is 20.9. The first kappa shape index (κ1) is 53.4. The molecule has 3 rings (SSSR count). The first-order valence-corrected chi connectivity index (χ1v) is 31.5. The van der Waals surface area contributed by atoms with Crippen molar-refractivity contribution in [2.75, 3.05) is 0 Å². The SMILES string of the molecule is CCC[Si](CCC)(CCC)CCCCCC[Si](CCCCCCCC[Si](C(C)C)(C(C)C)C(C)C)(Oc1c(F)c(F)c2c(F)c3c(F)cc(F)c(F)c3c(F)c2c1F)C(C)C. The van der Waals surface area contributed by atoms with Gasteiger partial charge in [-0.25, -0.2) is 30.7 Å². The van der Waals surface area contributed by atoms with Gasteiger partial charge in [0, 0.05) is 6.07 Å². The monoisotopic (exact) mass is 919 g/mol. The second-order valence-electron chi connectivity index (χ2n) is 19.7. The molecule has 0 spiro atoms. The minimum atomic E-state index is -3.22. The molecule has 1 atom stereocenters. The molecule has 0 aliphatic rings. The van der Waals surface area contributed by atoms with E-state index in [0.29, 0.717) is 28.7 Å². The summed E-state index contributed by atoms with van der Waals surface area (Å²) >= 11 is 0. The molecule has 0 aromatic heterocycles. The Balaban J connectivity index is 1.93. The van der Waals surface area contributed by atoms with Gasteiger partial charge in [-0.3, -0.25) is 0 Å². The Morgan fingerprint density at radius 2 is 0.787 bits per heavy atom. The van der Waals surface area contributed by atoms with Crippen molar-refractivity contribution in [2.45, 2.75) is 224 Å². The van der Waals surface area contributed by atoms with E-state index in [2.05, 4.69) is 62.3 Å². The van der Waals surface area contributed by atoms with Gasteiger partial charge in [-0.05, 0) is 17.6 Å². The van der Waals surface area contributed by atoms with E-state index in [1.165, 1.54) is 55.9 Å². The summed E-state index contributed by atoms with van der Waals surface area (Å²) in [7, 11) is -6.04. The van der Waals surface area contributed by atoms with E-state index in [1.807, 2.05) is 13.8 Å². The van der Waals surface area contributed by atoms with Gasteiger partial charge in [-0.2, -0.15) is 4.39 Å². The van der Waals surface area contributed by atoms with Crippen LogP contribution in [0.4, 0.5) is 35.1 Å². The maximum Gasteiger partial charge on any atom is 0.254 e. The third-order valence-corrected chi connectivity index (χ3v) is 33.6. The lowest BCUT2D eigenvalue weighted by molar-refractivity contribution is 0.406. The predicted molar refractivity (Wildman–Crippen MR) is 250 cm³/mol. The van der Waals surface area contributed by atoms with E-state index >= 15 is 22.0 Å². The maximum atomic E-state index is 16.6. The van der Waals surface area contributed by atoms with Gasteiger partial charge in [0.15, 0.2) is 29.0 Å². The first-order valence-electron chi connectivity index (χ1n) is 23.9. The largest absolute Gasteiger partial charge is 0.539 e. The molecule has 12 heteroatoms. The fourth-order valence-electron chi connectivity index (χ4n) is 11.6. The second kappa shape index (κ2) is 23.8. The number of benzene rings is 3. The van der Waals surface area contributed by atoms with Crippen molar-refractivity contribution in [2.24, 2.45) is 0 Å². The standard InChI is InChI=1S/C49H78F8OSi3/c1-12-25-59(26-13-2,27-14-3)28-21-19-20-23-30-60(33(4)5,29-22-17-15-16-18-24-31-61(34(6)7,35(8)9)36(10)11)58-49-47(56)42-41(46(55)48(49)57)44(53)39-37(50)32-38(51)43(52)40(39)45(42)54/h32-36H,12-31H2,1-11H3. The smallest absolute Gasteiger partial charge is 0.254 e. The highest BCUT2D eigenvalue weighted by Crippen LogP contribution is 2.47. The van der Waals surface area contributed by atoms with Gasteiger partial charge in [0.2, 0.25) is 5.82 Å². The molecular weight excluding hydrogens is 841 g/mol. The lowest BCUT2D eigenvalue weighted by atomic mass is 9.99. The summed E-state index contributed by atoms with van der Waals surface area (Å²) in [6.07, 6.45) is 13.4. The second-order valence-corrected chi connectivity index (χ2v) is 35.4. The van der Waals surface area contributed by atoms with E-state index in [4.69, 9.17) is 4.43 Å². The summed E-state index contributed by atoms with van der Waals surface area (Å²) in [6, 6.07) is 7.67. The minimum absolute atomic E-state index is 0.0187. The molecule has 0 aliphatic heterocycles. The molecule has 0 saturated heterocycles. The third-order valence-electron chi connectivity index (χ3n) is 14.8. The molecule has 348 valence electrons. The van der Waals surface area contributed by atoms with Crippen LogP contribution in [0.15, 0.2) is 6.07 Å². The summed E-state index contributed by atoms with van der Waals surface area (Å²) in [4.78, 5) is 0. The van der Waals surface area contributed by atoms with Crippen molar-refractivity contribution in [1.29, 1.82) is 0 Å². The van der Waals surface area contributed by atoms with Crippen LogP contribution in [-0.4, -0.2) is 24.5 Å². The summed E-state index contributed by atoms with van der Waals surface area (Å²) in [5.41, 5.74) is 1.96. The van der Waals surface area contributed by atoms with Crippen LogP contribution in [0.1, 0.15) is 160 Å². The molecule has 61 heavy (non-hydrogen) atoms. The normalized spacial score (nSPS) is 13.9. The molecule has 0 radical (unpaired) electrons. The van der Waals surface area contributed by atoms with Crippen molar-refractivity contribution >= 4 is 46.0 Å². The molecule has 0 aliphatic carbocycles. The Bertz CT molecular complexity index is 1830. The molecule has 0 saturated carbocycles. The molecule has 1 unspecified atom stereocenters. The van der Waals surface area contributed by atoms with Crippen molar-refractivity contribution < 1.29 is 39.5 Å². The van der Waals surface area contributed by atoms with Crippen LogP contribution in [0, 0.1) is 46.5 Å². The molecule has 0 amide bonds. The van der Waals surface area contributed by atoms with Crippen LogP contribution in [0.2, 0.25) is 64.5 Å². The third kappa shape index (κ3) is 12.1. The number of unbranched alkanes of at least 4 members (excludes halogenated alkanes) is 8. The summed E-state index contributed by atoms with van der Waals surface area (Å²) in [6.45, 7) is 25.0. The van der Waals surface area contributed by atoms with Crippen molar-refractivity contribution in [3.05, 3.63) is 52.6 Å². The van der Waals surface area contributed by atoms with Crippen LogP contribution in [0.5, 0.6) is 5.75 Å². The lowest BCUT2D eigenvalue weighted by Gasteiger charge is -2.43. The fourth-order valence-corrected chi connectivity index (χ4v) is 28.0. The minimum Gasteiger partial charge on any atom is -0.539 e. The maximum absolute atomic E-state index is 16.6. The molecule has 3 aromatic carbocycles. The molecule has 1 nitrogen and oxygen atoms in total. The summed E-state index contributed by atoms with van der Waals surface area (Å²) in [5, 5.41) is -5.90. The van der Waals surface area contributed by atoms with Gasteiger partial charge in [-0.15, -0.1) is 0 Å². The average Bonchev–Trinajstić information content (AvgIpc) is 3.18. The molecule has 0 fully saturated rings. The van der Waals surface area contributed by atoms with E-state index < -0.39 is 98.3 Å². The predicted octanol–water partition coefficient (Wildman–Crippen LogP) is 19.1.